The second-order valence-electron chi connectivity index (χ2n) is 4.00. The number of anilines is 1. The molecule has 6 nitrogen and oxygen atoms in total. The lowest BCUT2D eigenvalue weighted by Crippen LogP contribution is -2.30. The molecule has 0 saturated heterocycles. The minimum Gasteiger partial charge on any atom is -0.307 e. The smallest absolute Gasteiger partial charge is 0.279 e. The summed E-state index contributed by atoms with van der Waals surface area (Å²) in [7, 11) is 0. The predicted molar refractivity (Wildman–Crippen MR) is 74.1 cm³/mol. The maximum Gasteiger partial charge on any atom is 0.279 e. The van der Waals surface area contributed by atoms with Gasteiger partial charge in [-0.15, -0.1) is 10.2 Å². The fraction of sp³-hybridized carbons (Fsp3) is 0.167. The highest BCUT2D eigenvalue weighted by Gasteiger charge is 2.33. The quantitative estimate of drug-likeness (QED) is 0.845. The largest absolute Gasteiger partial charge is 0.307 e. The van der Waals surface area contributed by atoms with Crippen LogP contribution in [0.2, 0.25) is 0 Å². The first-order valence-corrected chi connectivity index (χ1v) is 6.55. The second kappa shape index (κ2) is 4.58. The molecule has 2 aromatic rings. The molecule has 7 heteroatoms. The summed E-state index contributed by atoms with van der Waals surface area (Å²) in [6, 6.07) is 5.72. The molecule has 0 atom stereocenters. The Balaban J connectivity index is 2.17. The van der Waals surface area contributed by atoms with Crippen LogP contribution in [0.15, 0.2) is 40.4 Å². The Labute approximate surface area is 117 Å². The van der Waals surface area contributed by atoms with E-state index in [2.05, 4.69) is 31.2 Å². The first-order valence-electron chi connectivity index (χ1n) is 5.76. The summed E-state index contributed by atoms with van der Waals surface area (Å²) < 4.78 is 2.34. The van der Waals surface area contributed by atoms with Crippen molar-refractivity contribution in [2.75, 3.05) is 11.4 Å². The van der Waals surface area contributed by atoms with Gasteiger partial charge in [0.2, 0.25) is 0 Å². The fourth-order valence-corrected chi connectivity index (χ4v) is 2.42. The van der Waals surface area contributed by atoms with Gasteiger partial charge in [-0.05, 0) is 25.1 Å². The van der Waals surface area contributed by atoms with Crippen molar-refractivity contribution < 1.29 is 4.79 Å². The number of rotatable bonds is 2. The van der Waals surface area contributed by atoms with E-state index in [1.165, 1.54) is 17.3 Å². The predicted octanol–water partition coefficient (Wildman–Crippen LogP) is 1.66. The van der Waals surface area contributed by atoms with Crippen LogP contribution in [0, 0.1) is 0 Å². The molecule has 1 aromatic heterocycles. The monoisotopic (exact) mass is 319 g/mol. The molecule has 0 N–H and O–H groups in total. The van der Waals surface area contributed by atoms with E-state index in [0.717, 1.165) is 15.7 Å². The minimum absolute atomic E-state index is 0.107. The van der Waals surface area contributed by atoms with Gasteiger partial charge in [0.15, 0.2) is 5.71 Å². The average Bonchev–Trinajstić information content (AvgIpc) is 2.98. The van der Waals surface area contributed by atoms with Crippen LogP contribution >= 0.6 is 15.9 Å². The Morgan fingerprint density at radius 2 is 2.05 bits per heavy atom. The van der Waals surface area contributed by atoms with Crippen LogP contribution in [0.3, 0.4) is 0 Å². The van der Waals surface area contributed by atoms with E-state index in [-0.39, 0.29) is 5.91 Å². The van der Waals surface area contributed by atoms with Gasteiger partial charge >= 0.3 is 0 Å². The van der Waals surface area contributed by atoms with Gasteiger partial charge in [0.1, 0.15) is 12.7 Å². The highest BCUT2D eigenvalue weighted by atomic mass is 79.9. The van der Waals surface area contributed by atoms with Gasteiger partial charge in [-0.3, -0.25) is 4.79 Å². The van der Waals surface area contributed by atoms with Gasteiger partial charge in [0.25, 0.3) is 5.91 Å². The highest BCUT2D eigenvalue weighted by molar-refractivity contribution is 9.10. The van der Waals surface area contributed by atoms with E-state index in [4.69, 9.17) is 0 Å². The molecule has 2 heterocycles. The van der Waals surface area contributed by atoms with E-state index < -0.39 is 0 Å². The zero-order valence-corrected chi connectivity index (χ0v) is 11.7. The number of benzene rings is 1. The zero-order chi connectivity index (χ0) is 13.4. The summed E-state index contributed by atoms with van der Waals surface area (Å²) in [5, 5.41) is 11.6. The number of hydrogen-bond acceptors (Lipinski definition) is 4. The molecule has 1 amide bonds. The van der Waals surface area contributed by atoms with Crippen LogP contribution in [-0.4, -0.2) is 33.0 Å². The Kier molecular flexibility index (Phi) is 2.90. The fourth-order valence-electron chi connectivity index (χ4n) is 2.06. The Bertz CT molecular complexity index is 665. The van der Waals surface area contributed by atoms with Crippen LogP contribution in [0.25, 0.3) is 0 Å². The Morgan fingerprint density at radius 1 is 1.32 bits per heavy atom. The number of hydrogen-bond donors (Lipinski definition) is 0. The first-order chi connectivity index (χ1) is 9.20. The van der Waals surface area contributed by atoms with Crippen molar-refractivity contribution in [2.45, 2.75) is 6.92 Å². The van der Waals surface area contributed by atoms with E-state index in [0.29, 0.717) is 12.3 Å². The molecule has 1 aromatic carbocycles. The highest BCUT2D eigenvalue weighted by Crippen LogP contribution is 2.31. The third-order valence-corrected chi connectivity index (χ3v) is 3.38. The molecule has 0 radical (unpaired) electrons. The van der Waals surface area contributed by atoms with Gasteiger partial charge in [0.05, 0.1) is 5.69 Å². The number of fused-ring (bicyclic) bond motifs is 1. The number of aromatic nitrogens is 3. The molecule has 1 aliphatic heterocycles. The molecule has 1 aliphatic rings. The molecule has 0 saturated carbocycles. The van der Waals surface area contributed by atoms with Crippen LogP contribution in [0.1, 0.15) is 12.5 Å². The third kappa shape index (κ3) is 1.95. The molecular formula is C12H10BrN5O. The lowest BCUT2D eigenvalue weighted by molar-refractivity contribution is -0.112. The lowest BCUT2D eigenvalue weighted by Gasteiger charge is -2.13. The number of carbonyl (C=O) groups is 1. The maximum atomic E-state index is 12.4. The molecule has 0 unspecified atom stereocenters. The van der Waals surface area contributed by atoms with Crippen LogP contribution in [0.5, 0.6) is 0 Å². The standard InChI is InChI=1S/C12H10BrN5O/c1-2-18-10-4-3-8(13)5-9(10)11(12(18)19)16-17-6-14-15-7-17/h3-7H,2H2,1H3/b16-11+. The van der Waals surface area contributed by atoms with Crippen LogP contribution < -0.4 is 4.90 Å². The summed E-state index contributed by atoms with van der Waals surface area (Å²) in [5.74, 6) is -0.107. The zero-order valence-electron chi connectivity index (χ0n) is 10.1. The summed E-state index contributed by atoms with van der Waals surface area (Å²) in [5.41, 5.74) is 2.09. The maximum absolute atomic E-state index is 12.4. The van der Waals surface area contributed by atoms with Crippen LogP contribution in [0.4, 0.5) is 5.69 Å². The van der Waals surface area contributed by atoms with Crippen molar-refractivity contribution in [3.63, 3.8) is 0 Å². The number of likely N-dealkylation sites (N-methyl/N-ethyl adjacent to an activating group) is 1. The van der Waals surface area contributed by atoms with Crippen molar-refractivity contribution in [3.05, 3.63) is 40.9 Å². The molecule has 0 bridgehead atoms. The van der Waals surface area contributed by atoms with Gasteiger partial charge < -0.3 is 4.90 Å². The van der Waals surface area contributed by atoms with E-state index in [1.54, 1.807) is 4.90 Å². The third-order valence-electron chi connectivity index (χ3n) is 2.89. The molecular weight excluding hydrogens is 310 g/mol. The number of halogens is 1. The number of amides is 1. The van der Waals surface area contributed by atoms with Crippen molar-refractivity contribution in [1.29, 1.82) is 0 Å². The summed E-state index contributed by atoms with van der Waals surface area (Å²) in [6.07, 6.45) is 2.90. The van der Waals surface area contributed by atoms with Gasteiger partial charge in [-0.2, -0.15) is 5.10 Å². The Morgan fingerprint density at radius 3 is 2.74 bits per heavy atom. The summed E-state index contributed by atoms with van der Waals surface area (Å²) >= 11 is 3.42. The molecule has 0 fully saturated rings. The average molecular weight is 320 g/mol. The first kappa shape index (κ1) is 12.0. The normalized spacial score (nSPS) is 16.2. The van der Waals surface area contributed by atoms with E-state index >= 15 is 0 Å². The second-order valence-corrected chi connectivity index (χ2v) is 4.92. The van der Waals surface area contributed by atoms with Gasteiger partial charge in [-0.25, -0.2) is 4.68 Å². The van der Waals surface area contributed by atoms with Gasteiger partial charge in [0, 0.05) is 16.6 Å². The molecule has 0 spiro atoms. The number of carbonyl (C=O) groups excluding carboxylic acids is 1. The van der Waals surface area contributed by atoms with E-state index in [9.17, 15) is 4.79 Å². The SMILES string of the molecule is CCN1C(=O)/C(=N/n2cnnc2)c2cc(Br)ccc21. The molecule has 3 rings (SSSR count). The molecule has 19 heavy (non-hydrogen) atoms. The van der Waals surface area contributed by atoms with Gasteiger partial charge in [-0.1, -0.05) is 15.9 Å². The van der Waals surface area contributed by atoms with Crippen molar-refractivity contribution in [3.8, 4) is 0 Å². The number of nitrogens with zero attached hydrogens (tertiary/aromatic N) is 5. The summed E-state index contributed by atoms with van der Waals surface area (Å²) in [6.45, 7) is 2.54. The van der Waals surface area contributed by atoms with Crippen molar-refractivity contribution in [2.24, 2.45) is 5.10 Å². The van der Waals surface area contributed by atoms with Crippen molar-refractivity contribution >= 4 is 33.2 Å². The van der Waals surface area contributed by atoms with Crippen molar-refractivity contribution in [1.82, 2.24) is 14.9 Å². The topological polar surface area (TPSA) is 63.4 Å². The lowest BCUT2D eigenvalue weighted by atomic mass is 10.1. The summed E-state index contributed by atoms with van der Waals surface area (Å²) in [4.78, 5) is 14.1. The Hall–Kier alpha value is -2.02. The molecule has 0 aliphatic carbocycles. The molecule has 96 valence electrons. The minimum atomic E-state index is -0.107. The van der Waals surface area contributed by atoms with Crippen LogP contribution in [-0.2, 0) is 4.79 Å². The van der Waals surface area contributed by atoms with E-state index in [1.807, 2.05) is 25.1 Å².